The molecule has 5 fully saturated rings. The smallest absolute Gasteiger partial charge is 0.205 e. The molecule has 1 spiro atoms. The largest absolute Gasteiger partial charge is 0.465 e. The normalized spacial score (nSPS) is 45.0. The van der Waals surface area contributed by atoms with E-state index in [2.05, 4.69) is 44.2 Å². The first-order valence-electron chi connectivity index (χ1n) is 11.3. The number of hydrogen-bond donors (Lipinski definition) is 0. The lowest BCUT2D eigenvalue weighted by molar-refractivity contribution is -0.575. The van der Waals surface area contributed by atoms with Crippen LogP contribution in [0.3, 0.4) is 0 Å². The van der Waals surface area contributed by atoms with Gasteiger partial charge in [0.1, 0.15) is 5.75 Å². The second-order valence-electron chi connectivity index (χ2n) is 9.90. The highest BCUT2D eigenvalue weighted by Crippen LogP contribution is 2.60. The molecule has 1 saturated carbocycles. The van der Waals surface area contributed by atoms with Gasteiger partial charge in [-0.05, 0) is 60.9 Å². The molecule has 2 aromatic carbocycles. The number of hydrogen-bond acceptors (Lipinski definition) is 5. The summed E-state index contributed by atoms with van der Waals surface area (Å²) in [7, 11) is 0. The molecule has 5 nitrogen and oxygen atoms in total. The third kappa shape index (κ3) is 2.69. The van der Waals surface area contributed by atoms with Gasteiger partial charge in [-0.2, -0.15) is 0 Å². The third-order valence-corrected chi connectivity index (χ3v) is 8.07. The molecule has 4 heterocycles. The topological polar surface area (TPSA) is 46.2 Å². The average Bonchev–Trinajstić information content (AvgIpc) is 2.98. The molecule has 4 saturated heterocycles. The first-order valence-corrected chi connectivity index (χ1v) is 11.3. The van der Waals surface area contributed by atoms with E-state index >= 15 is 0 Å². The van der Waals surface area contributed by atoms with Crippen LogP contribution in [-0.4, -0.2) is 24.0 Å². The molecule has 2 aromatic rings. The van der Waals surface area contributed by atoms with Crippen molar-refractivity contribution < 1.29 is 24.0 Å². The van der Waals surface area contributed by atoms with Crippen molar-refractivity contribution in [1.29, 1.82) is 0 Å². The Hall–Kier alpha value is -1.66. The van der Waals surface area contributed by atoms with Crippen LogP contribution in [0, 0.1) is 23.7 Å². The summed E-state index contributed by atoms with van der Waals surface area (Å²) in [6.07, 6.45) is 3.26. The van der Waals surface area contributed by atoms with E-state index in [4.69, 9.17) is 24.0 Å². The molecule has 4 aliphatic heterocycles. The second kappa shape index (κ2) is 6.67. The zero-order chi connectivity index (χ0) is 20.5. The lowest BCUT2D eigenvalue weighted by Crippen LogP contribution is -2.70. The van der Waals surface area contributed by atoms with Crippen LogP contribution in [0.5, 0.6) is 5.75 Å². The van der Waals surface area contributed by atoms with Crippen LogP contribution in [0.25, 0.3) is 10.8 Å². The summed E-state index contributed by atoms with van der Waals surface area (Å²) in [6.45, 7) is 6.51. The van der Waals surface area contributed by atoms with Crippen molar-refractivity contribution in [1.82, 2.24) is 0 Å². The Morgan fingerprint density at radius 1 is 0.933 bits per heavy atom. The third-order valence-electron chi connectivity index (χ3n) is 8.07. The molecule has 160 valence electrons. The van der Waals surface area contributed by atoms with Crippen LogP contribution >= 0.6 is 0 Å². The molecule has 0 amide bonds. The van der Waals surface area contributed by atoms with E-state index in [0.717, 1.165) is 30.4 Å². The van der Waals surface area contributed by atoms with Crippen molar-refractivity contribution in [3.05, 3.63) is 42.5 Å². The van der Waals surface area contributed by atoms with Gasteiger partial charge >= 0.3 is 0 Å². The van der Waals surface area contributed by atoms with E-state index in [9.17, 15) is 0 Å². The van der Waals surface area contributed by atoms with Gasteiger partial charge in [-0.3, -0.25) is 0 Å². The fourth-order valence-corrected chi connectivity index (χ4v) is 6.38. The summed E-state index contributed by atoms with van der Waals surface area (Å²) < 4.78 is 19.4. The highest BCUT2D eigenvalue weighted by Gasteiger charge is 2.69. The Bertz CT molecular complexity index is 961. The van der Waals surface area contributed by atoms with Gasteiger partial charge < -0.3 is 14.2 Å². The van der Waals surface area contributed by atoms with Crippen LogP contribution < -0.4 is 4.74 Å². The first kappa shape index (κ1) is 19.1. The predicted octanol–water partition coefficient (Wildman–Crippen LogP) is 5.43. The summed E-state index contributed by atoms with van der Waals surface area (Å²) in [5.74, 6) is 1.43. The summed E-state index contributed by atoms with van der Waals surface area (Å²) in [5, 5.41) is 2.36. The predicted molar refractivity (Wildman–Crippen MR) is 111 cm³/mol. The zero-order valence-corrected chi connectivity index (χ0v) is 17.9. The Morgan fingerprint density at radius 2 is 1.77 bits per heavy atom. The van der Waals surface area contributed by atoms with Gasteiger partial charge in [-0.25, -0.2) is 9.78 Å². The van der Waals surface area contributed by atoms with Gasteiger partial charge in [-0.15, -0.1) is 0 Å². The number of benzene rings is 2. The van der Waals surface area contributed by atoms with Crippen molar-refractivity contribution >= 4 is 10.8 Å². The minimum atomic E-state index is -0.758. The highest BCUT2D eigenvalue weighted by atomic mass is 17.3. The molecule has 1 aliphatic carbocycles. The fraction of sp³-hybridized carbons (Fsp3) is 0.600. The summed E-state index contributed by atoms with van der Waals surface area (Å²) in [4.78, 5) is 12.1. The molecule has 0 radical (unpaired) electrons. The van der Waals surface area contributed by atoms with E-state index in [1.54, 1.807) is 0 Å². The quantitative estimate of drug-likeness (QED) is 0.618. The lowest BCUT2D eigenvalue weighted by Gasteiger charge is -2.60. The molecule has 2 bridgehead atoms. The van der Waals surface area contributed by atoms with Crippen molar-refractivity contribution in [2.45, 2.75) is 70.4 Å². The van der Waals surface area contributed by atoms with Crippen LogP contribution in [0.2, 0.25) is 0 Å². The van der Waals surface area contributed by atoms with Gasteiger partial charge in [0.15, 0.2) is 11.9 Å². The van der Waals surface area contributed by atoms with Crippen molar-refractivity contribution in [3.8, 4) is 5.75 Å². The van der Waals surface area contributed by atoms with Crippen molar-refractivity contribution in [3.63, 3.8) is 0 Å². The number of fused-ring (bicyclic) bond motifs is 3. The standard InChI is InChI=1S/C25H30O5/c1-15-8-11-21-16(2)22(26-19-10-9-17-6-4-5-7-18(17)14-19)27-23-25(21)20(15)12-13-24(3,28-23)29-30-25/h4-7,9-10,14-16,20-23H,8,11-13H2,1-3H3/t15-,16-,20+,21+,22-,23-,24-,25-/m1/s1. The van der Waals surface area contributed by atoms with E-state index in [-0.39, 0.29) is 18.1 Å². The average molecular weight is 411 g/mol. The van der Waals surface area contributed by atoms with Gasteiger partial charge in [0, 0.05) is 18.3 Å². The van der Waals surface area contributed by atoms with E-state index in [0.29, 0.717) is 11.8 Å². The first-order chi connectivity index (χ1) is 14.5. The fourth-order valence-electron chi connectivity index (χ4n) is 6.38. The minimum absolute atomic E-state index is 0.164. The molecule has 30 heavy (non-hydrogen) atoms. The summed E-state index contributed by atoms with van der Waals surface area (Å²) in [5.41, 5.74) is -0.545. The van der Waals surface area contributed by atoms with Gasteiger partial charge in [0.05, 0.1) is 0 Å². The number of rotatable bonds is 2. The van der Waals surface area contributed by atoms with Gasteiger partial charge in [0.25, 0.3) is 0 Å². The maximum Gasteiger partial charge on any atom is 0.205 e. The van der Waals surface area contributed by atoms with Gasteiger partial charge in [0.2, 0.25) is 12.1 Å². The van der Waals surface area contributed by atoms with Crippen molar-refractivity contribution in [2.24, 2.45) is 23.7 Å². The van der Waals surface area contributed by atoms with Crippen LogP contribution in [0.1, 0.15) is 46.5 Å². The maximum atomic E-state index is 6.52. The molecular formula is C25H30O5. The molecule has 7 rings (SSSR count). The van der Waals surface area contributed by atoms with Crippen molar-refractivity contribution in [2.75, 3.05) is 0 Å². The molecule has 0 unspecified atom stereocenters. The molecule has 5 heteroatoms. The molecule has 8 atom stereocenters. The SMILES string of the molecule is C[C@H]1[C@H](Oc2ccc3ccccc3c2)O[C@@H]2O[C@@]3(C)CC[C@H]4[C@H](C)CC[C@@H]1[C@@]24OO3. The Morgan fingerprint density at radius 3 is 2.63 bits per heavy atom. The molecule has 0 aromatic heterocycles. The van der Waals surface area contributed by atoms with E-state index in [1.807, 2.05) is 19.1 Å². The lowest BCUT2D eigenvalue weighted by atomic mass is 9.58. The van der Waals surface area contributed by atoms with E-state index < -0.39 is 17.7 Å². The highest BCUT2D eigenvalue weighted by molar-refractivity contribution is 5.83. The number of ether oxygens (including phenoxy) is 3. The monoisotopic (exact) mass is 410 g/mol. The zero-order valence-electron chi connectivity index (χ0n) is 17.9. The summed E-state index contributed by atoms with van der Waals surface area (Å²) in [6, 6.07) is 14.5. The second-order valence-corrected chi connectivity index (χ2v) is 9.90. The Balaban J connectivity index is 1.34. The van der Waals surface area contributed by atoms with Crippen LogP contribution in [0.15, 0.2) is 42.5 Å². The molecule has 5 aliphatic rings. The minimum Gasteiger partial charge on any atom is -0.465 e. The van der Waals surface area contributed by atoms with Crippen LogP contribution in [0.4, 0.5) is 0 Å². The van der Waals surface area contributed by atoms with Crippen LogP contribution in [-0.2, 0) is 19.2 Å². The summed E-state index contributed by atoms with van der Waals surface area (Å²) >= 11 is 0. The molecular weight excluding hydrogens is 380 g/mol. The maximum absolute atomic E-state index is 6.52. The Labute approximate surface area is 177 Å². The van der Waals surface area contributed by atoms with Gasteiger partial charge in [-0.1, -0.05) is 44.2 Å². The Kier molecular flexibility index (Phi) is 4.24. The molecule has 0 N–H and O–H groups in total. The van der Waals surface area contributed by atoms with E-state index in [1.165, 1.54) is 11.8 Å².